The van der Waals surface area contributed by atoms with Gasteiger partial charge in [0.1, 0.15) is 30.7 Å². The van der Waals surface area contributed by atoms with Crippen molar-refractivity contribution in [2.75, 3.05) is 33.3 Å². The van der Waals surface area contributed by atoms with Gasteiger partial charge in [-0.1, -0.05) is 35.5 Å². The smallest absolute Gasteiger partial charge is 0.167 e. The van der Waals surface area contributed by atoms with Crippen molar-refractivity contribution in [3.05, 3.63) is 59.8 Å². The Labute approximate surface area is 194 Å². The molecule has 1 fully saturated rings. The van der Waals surface area contributed by atoms with E-state index in [4.69, 9.17) is 9.26 Å². The normalized spacial score (nSPS) is 15.9. The summed E-state index contributed by atoms with van der Waals surface area (Å²) in [6.45, 7) is 4.11. The molecule has 156 valence electrons. The van der Waals surface area contributed by atoms with Crippen LogP contribution in [0.2, 0.25) is 0 Å². The van der Waals surface area contributed by atoms with Crippen LogP contribution in [-0.2, 0) is 0 Å². The summed E-state index contributed by atoms with van der Waals surface area (Å²) in [4.78, 5) is 0. The van der Waals surface area contributed by atoms with E-state index in [1.807, 2.05) is 54.6 Å². The van der Waals surface area contributed by atoms with Crippen molar-refractivity contribution in [3.63, 3.8) is 0 Å². The van der Waals surface area contributed by atoms with Crippen molar-refractivity contribution in [2.45, 2.75) is 19.3 Å². The summed E-state index contributed by atoms with van der Waals surface area (Å²) in [7, 11) is 2.32. The Bertz CT molecular complexity index is 1060. The van der Waals surface area contributed by atoms with Gasteiger partial charge in [0, 0.05) is 5.56 Å². The molecule has 0 N–H and O–H groups in total. The summed E-state index contributed by atoms with van der Waals surface area (Å²) in [5, 5.41) is 14.7. The minimum absolute atomic E-state index is 0. The lowest BCUT2D eigenvalue weighted by molar-refractivity contribution is -0.914. The van der Waals surface area contributed by atoms with Gasteiger partial charge in [-0.3, -0.25) is 0 Å². The first-order valence-electron chi connectivity index (χ1n) is 10.2. The highest BCUT2D eigenvalue weighted by molar-refractivity contribution is 5.99. The number of nitriles is 1. The molecular weight excluding hydrogens is 489 g/mol. The molecule has 5 nitrogen and oxygen atoms in total. The monoisotopic (exact) mass is 515 g/mol. The number of ether oxygens (including phenoxy) is 1. The highest BCUT2D eigenvalue weighted by atomic mass is 127. The zero-order valence-electron chi connectivity index (χ0n) is 17.2. The second kappa shape index (κ2) is 10.1. The summed E-state index contributed by atoms with van der Waals surface area (Å²) in [6, 6.07) is 17.7. The van der Waals surface area contributed by atoms with Crippen LogP contribution in [0, 0.1) is 11.3 Å². The van der Waals surface area contributed by atoms with Gasteiger partial charge in [0.05, 0.1) is 31.1 Å². The molecule has 3 aromatic rings. The van der Waals surface area contributed by atoms with E-state index in [1.54, 1.807) is 0 Å². The van der Waals surface area contributed by atoms with E-state index in [1.165, 1.54) is 32.4 Å². The number of likely N-dealkylation sites (tertiary alicyclic amines) is 1. The van der Waals surface area contributed by atoms with Gasteiger partial charge in [0.25, 0.3) is 0 Å². The standard InChI is InChI=1S/C24H26N3O2.HI/c1-27(13-7-2-8-14-27)15-16-28-22-11-5-3-9-19(22)17-20(18-25)24-21-10-4-6-12-23(21)29-26-24;/h3-6,9-12,17H,2,7-8,13-16H2,1H3;1H/q+1;/p-1/b20-17+;. The molecule has 0 radical (unpaired) electrons. The van der Waals surface area contributed by atoms with Gasteiger partial charge in [-0.15, -0.1) is 0 Å². The highest BCUT2D eigenvalue weighted by Crippen LogP contribution is 2.28. The van der Waals surface area contributed by atoms with E-state index in [0.29, 0.717) is 23.5 Å². The first kappa shape index (κ1) is 22.3. The molecule has 2 heterocycles. The maximum absolute atomic E-state index is 9.75. The molecule has 1 aliphatic heterocycles. The number of hydrogen-bond donors (Lipinski definition) is 0. The lowest BCUT2D eigenvalue weighted by Gasteiger charge is -2.37. The maximum atomic E-state index is 9.75. The summed E-state index contributed by atoms with van der Waals surface area (Å²) in [5.41, 5.74) is 2.56. The van der Waals surface area contributed by atoms with E-state index < -0.39 is 0 Å². The fraction of sp³-hybridized carbons (Fsp3) is 0.333. The highest BCUT2D eigenvalue weighted by Gasteiger charge is 2.24. The molecule has 2 aromatic carbocycles. The van der Waals surface area contributed by atoms with Crippen LogP contribution in [0.4, 0.5) is 0 Å². The van der Waals surface area contributed by atoms with Gasteiger partial charge >= 0.3 is 0 Å². The van der Waals surface area contributed by atoms with Gasteiger partial charge in [0.15, 0.2) is 5.58 Å². The number of benzene rings is 2. The van der Waals surface area contributed by atoms with E-state index in [0.717, 1.165) is 27.7 Å². The molecule has 0 spiro atoms. The van der Waals surface area contributed by atoms with E-state index in [9.17, 15) is 5.26 Å². The molecule has 0 bridgehead atoms. The topological polar surface area (TPSA) is 59.0 Å². The zero-order chi connectivity index (χ0) is 20.1. The molecule has 1 aliphatic rings. The first-order valence-corrected chi connectivity index (χ1v) is 10.2. The number of allylic oxidation sites excluding steroid dienone is 1. The van der Waals surface area contributed by atoms with E-state index in [2.05, 4.69) is 18.3 Å². The number of para-hydroxylation sites is 2. The van der Waals surface area contributed by atoms with Crippen LogP contribution < -0.4 is 28.7 Å². The molecule has 1 saturated heterocycles. The molecule has 0 amide bonds. The quantitative estimate of drug-likeness (QED) is 0.286. The number of likely N-dealkylation sites (N-methyl/N-ethyl adjacent to an activating group) is 1. The van der Waals surface area contributed by atoms with Crippen LogP contribution in [0.3, 0.4) is 0 Å². The van der Waals surface area contributed by atoms with Crippen molar-refractivity contribution in [2.24, 2.45) is 0 Å². The second-order valence-corrected chi connectivity index (χ2v) is 7.93. The number of rotatable bonds is 6. The van der Waals surface area contributed by atoms with Gasteiger partial charge in [-0.25, -0.2) is 0 Å². The maximum Gasteiger partial charge on any atom is 0.167 e. The molecule has 0 atom stereocenters. The molecule has 30 heavy (non-hydrogen) atoms. The van der Waals surface area contributed by atoms with Crippen LogP contribution >= 0.6 is 0 Å². The third-order valence-corrected chi connectivity index (χ3v) is 5.76. The Hall–Kier alpha value is -2.37. The molecule has 1 aromatic heterocycles. The number of piperidine rings is 1. The fourth-order valence-electron chi connectivity index (χ4n) is 4.00. The number of aromatic nitrogens is 1. The predicted octanol–water partition coefficient (Wildman–Crippen LogP) is 1.91. The van der Waals surface area contributed by atoms with E-state index >= 15 is 0 Å². The summed E-state index contributed by atoms with van der Waals surface area (Å²) < 4.78 is 12.6. The number of nitrogens with zero attached hydrogens (tertiary/aromatic N) is 3. The Morgan fingerprint density at radius 2 is 1.87 bits per heavy atom. The van der Waals surface area contributed by atoms with Gasteiger partial charge in [-0.2, -0.15) is 5.26 Å². The van der Waals surface area contributed by atoms with Crippen molar-refractivity contribution in [3.8, 4) is 11.8 Å². The Morgan fingerprint density at radius 3 is 2.67 bits per heavy atom. The van der Waals surface area contributed by atoms with Crippen LogP contribution in [0.5, 0.6) is 5.75 Å². The van der Waals surface area contributed by atoms with Crippen LogP contribution in [0.1, 0.15) is 30.5 Å². The lowest BCUT2D eigenvalue weighted by atomic mass is 10.1. The largest absolute Gasteiger partial charge is 1.00 e. The third kappa shape index (κ3) is 5.02. The number of halogens is 1. The van der Waals surface area contributed by atoms with E-state index in [-0.39, 0.29) is 24.0 Å². The Kier molecular flexibility index (Phi) is 7.51. The minimum Gasteiger partial charge on any atom is -1.00 e. The van der Waals surface area contributed by atoms with Gasteiger partial charge < -0.3 is 37.7 Å². The molecule has 0 unspecified atom stereocenters. The summed E-state index contributed by atoms with van der Waals surface area (Å²) in [5.74, 6) is 0.789. The number of fused-ring (bicyclic) bond motifs is 1. The summed E-state index contributed by atoms with van der Waals surface area (Å²) >= 11 is 0. The van der Waals surface area contributed by atoms with Gasteiger partial charge in [0.2, 0.25) is 0 Å². The Balaban J connectivity index is 0.00000256. The third-order valence-electron chi connectivity index (χ3n) is 5.76. The number of quaternary nitrogens is 1. The molecule has 4 rings (SSSR count). The van der Waals surface area contributed by atoms with Crippen molar-refractivity contribution in [1.29, 1.82) is 5.26 Å². The molecular formula is C24H26IN3O2. The van der Waals surface area contributed by atoms with Gasteiger partial charge in [-0.05, 0) is 43.5 Å². The average molecular weight is 515 g/mol. The first-order chi connectivity index (χ1) is 14.2. The minimum atomic E-state index is 0. The molecule has 0 aliphatic carbocycles. The average Bonchev–Trinajstić information content (AvgIpc) is 3.17. The zero-order valence-corrected chi connectivity index (χ0v) is 19.3. The van der Waals surface area contributed by atoms with Crippen molar-refractivity contribution in [1.82, 2.24) is 5.16 Å². The second-order valence-electron chi connectivity index (χ2n) is 7.93. The Morgan fingerprint density at radius 1 is 1.13 bits per heavy atom. The SMILES string of the molecule is C[N+]1(CCOc2ccccc2/C=C(\C#N)c2noc3ccccc23)CCCCC1.[I-]. The van der Waals surface area contributed by atoms with Crippen LogP contribution in [0.25, 0.3) is 22.6 Å². The molecule has 6 heteroatoms. The summed E-state index contributed by atoms with van der Waals surface area (Å²) in [6.07, 6.45) is 5.77. The van der Waals surface area contributed by atoms with Crippen LogP contribution in [0.15, 0.2) is 53.1 Å². The lowest BCUT2D eigenvalue weighted by Crippen LogP contribution is -3.00. The van der Waals surface area contributed by atoms with Crippen LogP contribution in [-0.4, -0.2) is 42.9 Å². The number of hydrogen-bond acceptors (Lipinski definition) is 4. The van der Waals surface area contributed by atoms with Crippen molar-refractivity contribution >= 4 is 22.6 Å². The predicted molar refractivity (Wildman–Crippen MR) is 114 cm³/mol. The van der Waals surface area contributed by atoms with Crippen molar-refractivity contribution < 1.29 is 37.7 Å². The molecule has 0 saturated carbocycles. The fourth-order valence-corrected chi connectivity index (χ4v) is 4.00.